The van der Waals surface area contributed by atoms with Gasteiger partial charge in [-0.15, -0.1) is 0 Å². The lowest BCUT2D eigenvalue weighted by molar-refractivity contribution is -0.765. The number of nitrogens with zero attached hydrogens (tertiary/aromatic N) is 5. The molecule has 254 valence electrons. The number of aliphatic hydroxyl groups is 3. The summed E-state index contributed by atoms with van der Waals surface area (Å²) in [4.78, 5) is 54.7. The van der Waals surface area contributed by atoms with E-state index in [4.69, 9.17) is 27.2 Å². The summed E-state index contributed by atoms with van der Waals surface area (Å²) in [6.45, 7) is 0.426. The van der Waals surface area contributed by atoms with Gasteiger partial charge in [-0.05, 0) is 13.0 Å². The Balaban J connectivity index is 0.000000637. The van der Waals surface area contributed by atoms with Gasteiger partial charge >= 0.3 is 23.1 Å². The highest BCUT2D eigenvalue weighted by Gasteiger charge is 2.48. The molecule has 22 heteroatoms. The van der Waals surface area contributed by atoms with Crippen LogP contribution in [0.3, 0.4) is 0 Å². The van der Waals surface area contributed by atoms with Gasteiger partial charge in [-0.2, -0.15) is 17.7 Å². The second kappa shape index (κ2) is 14.0. The molecule has 1 aliphatic heterocycles. The lowest BCUT2D eigenvalue weighted by Crippen LogP contribution is -2.46. The summed E-state index contributed by atoms with van der Waals surface area (Å²) < 4.78 is 79.1. The van der Waals surface area contributed by atoms with E-state index < -0.39 is 76.0 Å². The first-order valence-corrected chi connectivity index (χ1v) is 14.3. The number of methoxy groups -OCH3 is 1. The molecule has 0 aromatic carbocycles. The van der Waals surface area contributed by atoms with E-state index in [9.17, 15) is 47.7 Å². The predicted octanol–water partition coefficient (Wildman–Crippen LogP) is -2.56. The molecular formula is C24H28F3N5O13S. The number of rotatable bonds is 8. The van der Waals surface area contributed by atoms with E-state index in [0.29, 0.717) is 0 Å². The van der Waals surface area contributed by atoms with Gasteiger partial charge in [-0.25, -0.2) is 27.8 Å². The van der Waals surface area contributed by atoms with E-state index in [2.05, 4.69) is 4.98 Å². The third-order valence-corrected chi connectivity index (χ3v) is 7.28. The molecule has 4 heterocycles. The molecular weight excluding hydrogens is 655 g/mol. The van der Waals surface area contributed by atoms with Crippen molar-refractivity contribution in [3.8, 4) is 0 Å². The van der Waals surface area contributed by atoms with Crippen molar-refractivity contribution in [2.45, 2.75) is 49.6 Å². The van der Waals surface area contributed by atoms with E-state index >= 15 is 0 Å². The maximum atomic E-state index is 13.2. The lowest BCUT2D eigenvalue weighted by atomic mass is 10.1. The fraction of sp³-hybridized carbons (Fsp3) is 0.500. The minimum absolute atomic E-state index is 0.0129. The van der Waals surface area contributed by atoms with Crippen LogP contribution in [0, 0.1) is 0 Å². The molecule has 0 saturated carbocycles. The molecule has 46 heavy (non-hydrogen) atoms. The van der Waals surface area contributed by atoms with Gasteiger partial charge in [0.15, 0.2) is 39.8 Å². The predicted molar refractivity (Wildman–Crippen MR) is 142 cm³/mol. The molecule has 1 saturated heterocycles. The van der Waals surface area contributed by atoms with Crippen molar-refractivity contribution in [1.29, 1.82) is 0 Å². The Kier molecular flexibility index (Phi) is 11.1. The first-order valence-electron chi connectivity index (χ1n) is 12.9. The van der Waals surface area contributed by atoms with Crippen molar-refractivity contribution < 1.29 is 69.8 Å². The molecule has 0 bridgehead atoms. The van der Waals surface area contributed by atoms with E-state index in [1.54, 1.807) is 0 Å². The Hall–Kier alpha value is -4.22. The van der Waals surface area contributed by atoms with E-state index in [1.807, 2.05) is 0 Å². The van der Waals surface area contributed by atoms with Gasteiger partial charge in [0.2, 0.25) is 0 Å². The fourth-order valence-electron chi connectivity index (χ4n) is 4.28. The first kappa shape index (κ1) is 36.3. The highest BCUT2D eigenvalue weighted by atomic mass is 32.2. The number of alkyl halides is 3. The number of ether oxygens (including phenoxy) is 3. The highest BCUT2D eigenvalue weighted by Crippen LogP contribution is 2.25. The Morgan fingerprint density at radius 3 is 2.41 bits per heavy atom. The number of imidazole rings is 1. The van der Waals surface area contributed by atoms with Gasteiger partial charge in [0.05, 0.1) is 26.6 Å². The van der Waals surface area contributed by atoms with E-state index in [1.165, 1.54) is 61.1 Å². The summed E-state index contributed by atoms with van der Waals surface area (Å²) in [7, 11) is -3.45. The number of hydrogen-bond donors (Lipinski definition) is 3. The number of pyridine rings is 1. The van der Waals surface area contributed by atoms with Gasteiger partial charge in [0, 0.05) is 13.1 Å². The zero-order chi connectivity index (χ0) is 34.7. The molecule has 3 N–H and O–H groups in total. The second-order valence-electron chi connectivity index (χ2n) is 9.63. The maximum Gasteiger partial charge on any atom is 0.485 e. The summed E-state index contributed by atoms with van der Waals surface area (Å²) in [5.41, 5.74) is -6.87. The number of hydrogen-bond acceptors (Lipinski definition) is 14. The zero-order valence-corrected chi connectivity index (χ0v) is 24.9. The maximum absolute atomic E-state index is 13.2. The first-order chi connectivity index (χ1) is 21.3. The quantitative estimate of drug-likeness (QED) is 0.0957. The van der Waals surface area contributed by atoms with Crippen LogP contribution in [-0.2, 0) is 42.7 Å². The van der Waals surface area contributed by atoms with Crippen LogP contribution in [0.4, 0.5) is 13.2 Å². The second-order valence-corrected chi connectivity index (χ2v) is 11.0. The van der Waals surface area contributed by atoms with Crippen molar-refractivity contribution in [1.82, 2.24) is 18.7 Å². The highest BCUT2D eigenvalue weighted by molar-refractivity contribution is 7.86. The number of fused-ring (bicyclic) bond motifs is 1. The number of aromatic nitrogens is 5. The third-order valence-electron chi connectivity index (χ3n) is 6.72. The van der Waals surface area contributed by atoms with Gasteiger partial charge in [-0.3, -0.25) is 13.9 Å². The Labute approximate surface area is 256 Å². The standard InChI is InChI=1S/C23H28N5O10.CHF3O3S/c1-12(21(33)36-3)28-11-24-18-15(28)19(32)27(23(35)25(18)2)7-8-37-22(34)13-5-4-6-26(9-13)20-17(31)16(30)14(10-29)38-20;2-1(3,4)8(5,6)7/h4-6,9,11-12,14,16-17,20,29-31H,7-8,10H2,1-3H3;(H,5,6,7)/q+1;/p-1/t12?,14-,16-,17-,20-;/m1./s1. The molecule has 0 spiro atoms. The smallest absolute Gasteiger partial charge is 0.485 e. The van der Waals surface area contributed by atoms with Crippen molar-refractivity contribution >= 4 is 33.2 Å². The van der Waals surface area contributed by atoms with Crippen LogP contribution in [0.2, 0.25) is 0 Å². The number of aryl methyl sites for hydroxylation is 1. The van der Waals surface area contributed by atoms with Crippen molar-refractivity contribution in [2.75, 3.05) is 20.3 Å². The van der Waals surface area contributed by atoms with Gasteiger partial charge in [0.25, 0.3) is 11.8 Å². The molecule has 0 radical (unpaired) electrons. The van der Waals surface area contributed by atoms with E-state index in [0.717, 1.165) is 9.13 Å². The van der Waals surface area contributed by atoms with Gasteiger partial charge in [0.1, 0.15) is 30.4 Å². The monoisotopic (exact) mass is 683 g/mol. The fourth-order valence-corrected chi connectivity index (χ4v) is 4.28. The number of esters is 2. The molecule has 1 aliphatic rings. The van der Waals surface area contributed by atoms with Crippen LogP contribution in [-0.4, -0.2) is 103 Å². The van der Waals surface area contributed by atoms with Gasteiger partial charge < -0.3 is 38.7 Å². The summed E-state index contributed by atoms with van der Waals surface area (Å²) in [5.74, 6) is -1.38. The normalized spacial score (nSPS) is 20.6. The van der Waals surface area contributed by atoms with Crippen LogP contribution >= 0.6 is 0 Å². The Morgan fingerprint density at radius 1 is 1.24 bits per heavy atom. The summed E-state index contributed by atoms with van der Waals surface area (Å²) >= 11 is 0. The molecule has 1 fully saturated rings. The molecule has 5 atom stereocenters. The Morgan fingerprint density at radius 2 is 1.87 bits per heavy atom. The zero-order valence-electron chi connectivity index (χ0n) is 24.1. The molecule has 0 amide bonds. The minimum Gasteiger partial charge on any atom is -0.741 e. The van der Waals surface area contributed by atoms with Crippen LogP contribution < -0.4 is 15.8 Å². The van der Waals surface area contributed by atoms with Crippen LogP contribution in [0.25, 0.3) is 11.2 Å². The summed E-state index contributed by atoms with van der Waals surface area (Å²) in [6.07, 6.45) is -0.547. The molecule has 1 unspecified atom stereocenters. The minimum atomic E-state index is -6.09. The van der Waals surface area contributed by atoms with Crippen molar-refractivity contribution in [3.05, 3.63) is 57.3 Å². The van der Waals surface area contributed by atoms with Crippen LogP contribution in [0.1, 0.15) is 29.6 Å². The number of aliphatic hydroxyl groups excluding tert-OH is 3. The lowest BCUT2D eigenvalue weighted by Gasteiger charge is -2.13. The summed E-state index contributed by atoms with van der Waals surface area (Å²) in [5, 5.41) is 29.5. The summed E-state index contributed by atoms with van der Waals surface area (Å²) in [6, 6.07) is 2.08. The average Bonchev–Trinajstić information content (AvgIpc) is 3.57. The van der Waals surface area contributed by atoms with Gasteiger partial charge in [-0.1, -0.05) is 0 Å². The van der Waals surface area contributed by atoms with E-state index in [-0.39, 0.29) is 29.9 Å². The van der Waals surface area contributed by atoms with Crippen molar-refractivity contribution in [2.24, 2.45) is 7.05 Å². The topological polar surface area (TPSA) is 245 Å². The number of carbonyl (C=O) groups is 2. The molecule has 4 rings (SSSR count). The van der Waals surface area contributed by atoms with Crippen LogP contribution in [0.15, 0.2) is 40.4 Å². The molecule has 0 aliphatic carbocycles. The SMILES string of the molecule is COC(=O)C(C)n1cnc2c1c(=O)n(CCOC(=O)c1ccc[n+]([C@@H]3O[C@H](CO)[C@@H](O)[C@H]3O)c1)c(=O)n2C.O=S(=O)([O-])C(F)(F)F. The van der Waals surface area contributed by atoms with Crippen molar-refractivity contribution in [3.63, 3.8) is 0 Å². The third kappa shape index (κ3) is 7.42. The molecule has 3 aromatic rings. The number of halogens is 3. The molecule has 3 aromatic heterocycles. The average molecular weight is 684 g/mol. The molecule has 18 nitrogen and oxygen atoms in total. The number of carbonyl (C=O) groups excluding carboxylic acids is 2. The largest absolute Gasteiger partial charge is 0.741 e. The Bertz CT molecular complexity index is 1820. The van der Waals surface area contributed by atoms with Crippen LogP contribution in [0.5, 0.6) is 0 Å².